The fraction of sp³-hybridized carbons (Fsp3) is 0.364. The first-order valence-corrected chi connectivity index (χ1v) is 11.9. The highest BCUT2D eigenvalue weighted by Crippen LogP contribution is 2.29. The number of halogens is 1. The number of nitrogens with zero attached hydrogens (tertiary/aromatic N) is 2. The molecule has 2 rings (SSSR count). The van der Waals surface area contributed by atoms with E-state index in [1.54, 1.807) is 32.0 Å². The Bertz CT molecular complexity index is 1100. The van der Waals surface area contributed by atoms with Crippen LogP contribution in [-0.2, 0) is 14.8 Å². The maximum absolute atomic E-state index is 12.7. The molecule has 0 spiro atoms. The van der Waals surface area contributed by atoms with Crippen molar-refractivity contribution in [2.45, 2.75) is 31.6 Å². The van der Waals surface area contributed by atoms with Gasteiger partial charge in [-0.25, -0.2) is 8.42 Å². The number of nitrogens with one attached hydrogen (secondary N) is 1. The standard InChI is InChI=1S/C22H26ClN3O5S/c1-4-26(5-2)32(28,29)17-9-10-18(23)19(14-17)25-22(27)7-6-12-31-20-11-8-16(15-24)13-21(20)30-3/h8-11,13-14H,4-7,12H2,1-3H3,(H,25,27). The van der Waals surface area contributed by atoms with Crippen molar-refractivity contribution in [3.05, 3.63) is 47.0 Å². The highest BCUT2D eigenvalue weighted by atomic mass is 35.5. The van der Waals surface area contributed by atoms with Gasteiger partial charge in [-0.05, 0) is 36.8 Å². The Hall–Kier alpha value is -2.80. The second-order valence-corrected chi connectivity index (χ2v) is 9.05. The highest BCUT2D eigenvalue weighted by Gasteiger charge is 2.22. The van der Waals surface area contributed by atoms with Crippen molar-refractivity contribution >= 4 is 33.2 Å². The number of rotatable bonds is 11. The molecule has 1 amide bonds. The van der Waals surface area contributed by atoms with Gasteiger partial charge in [0.05, 0.1) is 41.0 Å². The quantitative estimate of drug-likeness (QED) is 0.487. The normalized spacial score (nSPS) is 11.1. The Balaban J connectivity index is 1.97. The molecule has 8 nitrogen and oxygen atoms in total. The van der Waals surface area contributed by atoms with Crippen molar-refractivity contribution in [3.8, 4) is 17.6 Å². The van der Waals surface area contributed by atoms with Crippen LogP contribution in [0.5, 0.6) is 11.5 Å². The number of nitriles is 1. The molecule has 0 unspecified atom stereocenters. The second kappa shape index (κ2) is 11.7. The molecule has 0 aliphatic rings. The van der Waals surface area contributed by atoms with Gasteiger partial charge in [0.1, 0.15) is 0 Å². The van der Waals surface area contributed by atoms with Gasteiger partial charge in [0.15, 0.2) is 11.5 Å². The summed E-state index contributed by atoms with van der Waals surface area (Å²) in [5, 5.41) is 11.9. The van der Waals surface area contributed by atoms with Gasteiger partial charge in [-0.2, -0.15) is 9.57 Å². The molecular formula is C22H26ClN3O5S. The van der Waals surface area contributed by atoms with E-state index in [4.69, 9.17) is 26.3 Å². The minimum atomic E-state index is -3.67. The van der Waals surface area contributed by atoms with Crippen molar-refractivity contribution in [1.82, 2.24) is 4.31 Å². The van der Waals surface area contributed by atoms with Crippen LogP contribution >= 0.6 is 11.6 Å². The Kier molecular flexibility index (Phi) is 9.32. The fourth-order valence-electron chi connectivity index (χ4n) is 2.96. The molecule has 0 fully saturated rings. The summed E-state index contributed by atoms with van der Waals surface area (Å²) in [7, 11) is -2.19. The van der Waals surface area contributed by atoms with Crippen molar-refractivity contribution in [3.63, 3.8) is 0 Å². The van der Waals surface area contributed by atoms with Crippen molar-refractivity contribution in [2.75, 3.05) is 32.1 Å². The SMILES string of the molecule is CCN(CC)S(=O)(=O)c1ccc(Cl)c(NC(=O)CCCOc2ccc(C#N)cc2OC)c1. The van der Waals surface area contributed by atoms with Crippen molar-refractivity contribution in [2.24, 2.45) is 0 Å². The van der Waals surface area contributed by atoms with E-state index in [2.05, 4.69) is 5.32 Å². The molecule has 10 heteroatoms. The molecule has 0 saturated heterocycles. The van der Waals surface area contributed by atoms with E-state index in [1.807, 2.05) is 6.07 Å². The number of carbonyl (C=O) groups excluding carboxylic acids is 1. The summed E-state index contributed by atoms with van der Waals surface area (Å²) in [4.78, 5) is 12.4. The van der Waals surface area contributed by atoms with Gasteiger partial charge in [-0.3, -0.25) is 4.79 Å². The van der Waals surface area contributed by atoms with Gasteiger partial charge < -0.3 is 14.8 Å². The summed E-state index contributed by atoms with van der Waals surface area (Å²) in [5.41, 5.74) is 0.690. The van der Waals surface area contributed by atoms with E-state index < -0.39 is 10.0 Å². The Morgan fingerprint density at radius 1 is 1.16 bits per heavy atom. The number of sulfonamides is 1. The fourth-order valence-corrected chi connectivity index (χ4v) is 4.61. The third kappa shape index (κ3) is 6.36. The first-order chi connectivity index (χ1) is 15.3. The van der Waals surface area contributed by atoms with E-state index in [-0.39, 0.29) is 34.5 Å². The van der Waals surface area contributed by atoms with E-state index in [0.717, 1.165) is 0 Å². The minimum absolute atomic E-state index is 0.0668. The van der Waals surface area contributed by atoms with Crippen molar-refractivity contribution in [1.29, 1.82) is 5.26 Å². The number of anilines is 1. The molecule has 0 aliphatic heterocycles. The Morgan fingerprint density at radius 2 is 1.88 bits per heavy atom. The summed E-state index contributed by atoms with van der Waals surface area (Å²) < 4.78 is 37.6. The van der Waals surface area contributed by atoms with Crippen molar-refractivity contribution < 1.29 is 22.7 Å². The van der Waals surface area contributed by atoms with Crippen LogP contribution in [0.4, 0.5) is 5.69 Å². The zero-order chi connectivity index (χ0) is 23.7. The molecule has 2 aromatic carbocycles. The molecule has 32 heavy (non-hydrogen) atoms. The first kappa shape index (κ1) is 25.5. The maximum Gasteiger partial charge on any atom is 0.243 e. The molecule has 0 atom stereocenters. The summed E-state index contributed by atoms with van der Waals surface area (Å²) in [5.74, 6) is 0.593. The lowest BCUT2D eigenvalue weighted by molar-refractivity contribution is -0.116. The summed E-state index contributed by atoms with van der Waals surface area (Å²) in [6, 6.07) is 11.1. The predicted molar refractivity (Wildman–Crippen MR) is 123 cm³/mol. The van der Waals surface area contributed by atoms with Crippen LogP contribution < -0.4 is 14.8 Å². The zero-order valence-electron chi connectivity index (χ0n) is 18.2. The van der Waals surface area contributed by atoms with Crippen LogP contribution in [0.1, 0.15) is 32.3 Å². The van der Waals surface area contributed by atoms with Crippen LogP contribution in [0.3, 0.4) is 0 Å². The number of benzene rings is 2. The average molecular weight is 480 g/mol. The van der Waals surface area contributed by atoms with Gasteiger partial charge in [0.2, 0.25) is 15.9 Å². The number of hydrogen-bond donors (Lipinski definition) is 1. The maximum atomic E-state index is 12.7. The van der Waals surface area contributed by atoms with E-state index in [9.17, 15) is 13.2 Å². The van der Waals surface area contributed by atoms with E-state index >= 15 is 0 Å². The predicted octanol–water partition coefficient (Wildman–Crippen LogP) is 4.05. The van der Waals surface area contributed by atoms with Crippen LogP contribution in [-0.4, -0.2) is 45.4 Å². The Labute approximate surface area is 193 Å². The summed E-state index contributed by atoms with van der Waals surface area (Å²) in [6.07, 6.45) is 0.548. The minimum Gasteiger partial charge on any atom is -0.493 e. The van der Waals surface area contributed by atoms with Crippen LogP contribution in [0.2, 0.25) is 5.02 Å². The lowest BCUT2D eigenvalue weighted by Gasteiger charge is -2.19. The van der Waals surface area contributed by atoms with E-state index in [1.165, 1.54) is 29.6 Å². The molecular weight excluding hydrogens is 454 g/mol. The van der Waals surface area contributed by atoms with Gasteiger partial charge in [-0.1, -0.05) is 25.4 Å². The number of hydrogen-bond acceptors (Lipinski definition) is 6. The summed E-state index contributed by atoms with van der Waals surface area (Å²) >= 11 is 6.15. The van der Waals surface area contributed by atoms with Gasteiger partial charge >= 0.3 is 0 Å². The van der Waals surface area contributed by atoms with Crippen LogP contribution in [0, 0.1) is 11.3 Å². The van der Waals surface area contributed by atoms with Gasteiger partial charge in [0.25, 0.3) is 0 Å². The topological polar surface area (TPSA) is 109 Å². The Morgan fingerprint density at radius 3 is 2.50 bits per heavy atom. The van der Waals surface area contributed by atoms with Crippen LogP contribution in [0.15, 0.2) is 41.3 Å². The molecule has 1 N–H and O–H groups in total. The lowest BCUT2D eigenvalue weighted by atomic mass is 10.2. The van der Waals surface area contributed by atoms with Crippen LogP contribution in [0.25, 0.3) is 0 Å². The summed E-state index contributed by atoms with van der Waals surface area (Å²) in [6.45, 7) is 4.45. The molecule has 0 aliphatic carbocycles. The second-order valence-electron chi connectivity index (χ2n) is 6.71. The largest absolute Gasteiger partial charge is 0.493 e. The third-order valence-electron chi connectivity index (χ3n) is 4.65. The van der Waals surface area contributed by atoms with Gasteiger partial charge in [-0.15, -0.1) is 0 Å². The molecule has 0 bridgehead atoms. The lowest BCUT2D eigenvalue weighted by Crippen LogP contribution is -2.30. The molecule has 2 aromatic rings. The highest BCUT2D eigenvalue weighted by molar-refractivity contribution is 7.89. The molecule has 0 heterocycles. The number of amides is 1. The number of methoxy groups -OCH3 is 1. The van der Waals surface area contributed by atoms with E-state index in [0.29, 0.717) is 36.6 Å². The number of ether oxygens (including phenoxy) is 2. The molecule has 0 aromatic heterocycles. The average Bonchev–Trinajstić information content (AvgIpc) is 2.78. The smallest absolute Gasteiger partial charge is 0.243 e. The first-order valence-electron chi connectivity index (χ1n) is 10.1. The monoisotopic (exact) mass is 479 g/mol. The molecule has 0 saturated carbocycles. The molecule has 172 valence electrons. The third-order valence-corrected chi connectivity index (χ3v) is 7.03. The van der Waals surface area contributed by atoms with Gasteiger partial charge in [0, 0.05) is 25.6 Å². The number of carbonyl (C=O) groups is 1. The molecule has 0 radical (unpaired) electrons. The zero-order valence-corrected chi connectivity index (χ0v) is 19.8.